The maximum absolute atomic E-state index is 13.2. The average molecular weight is 239 g/mol. The molecule has 1 atom stereocenters. The van der Waals surface area contributed by atoms with E-state index >= 15 is 0 Å². The highest BCUT2D eigenvalue weighted by Gasteiger charge is 2.14. The van der Waals surface area contributed by atoms with Crippen molar-refractivity contribution in [3.05, 3.63) is 33.6 Å². The second-order valence-electron chi connectivity index (χ2n) is 2.37. The second kappa shape index (κ2) is 4.33. The molecule has 0 aromatic heterocycles. The molecule has 0 aliphatic carbocycles. The smallest absolute Gasteiger partial charge is 0.148 e. The van der Waals surface area contributed by atoms with Crippen molar-refractivity contribution in [2.24, 2.45) is 0 Å². The van der Waals surface area contributed by atoms with Crippen molar-refractivity contribution < 1.29 is 9.50 Å². The molecule has 1 N–H and O–H groups in total. The fraction of sp³-hybridized carbons (Fsp3) is 0.125. The molecule has 0 fully saturated rings. The van der Waals surface area contributed by atoms with Crippen LogP contribution in [0.25, 0.3) is 0 Å². The third kappa shape index (κ3) is 2.38. The summed E-state index contributed by atoms with van der Waals surface area (Å²) in [4.78, 5) is 0. The van der Waals surface area contributed by atoms with Gasteiger partial charge in [-0.2, -0.15) is 0 Å². The molecule has 70 valence electrons. The lowest BCUT2D eigenvalue weighted by atomic mass is 10.1. The summed E-state index contributed by atoms with van der Waals surface area (Å²) in [6.45, 7) is 0. The first kappa shape index (κ1) is 10.9. The van der Waals surface area contributed by atoms with Gasteiger partial charge in [0, 0.05) is 16.0 Å². The maximum Gasteiger partial charge on any atom is 0.148 e. The summed E-state index contributed by atoms with van der Waals surface area (Å²) < 4.78 is 13.2. The molecule has 0 heterocycles. The van der Waals surface area contributed by atoms with Gasteiger partial charge in [-0.1, -0.05) is 35.4 Å². The van der Waals surface area contributed by atoms with Crippen molar-refractivity contribution in [1.29, 1.82) is 0 Å². The summed E-state index contributed by atoms with van der Waals surface area (Å²) in [5.74, 6) is -0.695. The fourth-order valence-electron chi connectivity index (χ4n) is 0.864. The van der Waals surface area contributed by atoms with Crippen LogP contribution in [0.15, 0.2) is 12.1 Å². The first-order valence-electron chi connectivity index (χ1n) is 3.34. The zero-order chi connectivity index (χ0) is 10.0. The number of rotatable bonds is 2. The summed E-state index contributed by atoms with van der Waals surface area (Å²) in [5, 5.41) is 10.4. The van der Waals surface area contributed by atoms with E-state index in [2.05, 4.69) is 12.2 Å². The monoisotopic (exact) mass is 238 g/mol. The fourth-order valence-corrected chi connectivity index (χ4v) is 1.52. The lowest BCUT2D eigenvalue weighted by Gasteiger charge is -2.07. The Balaban J connectivity index is 3.27. The van der Waals surface area contributed by atoms with Crippen LogP contribution in [0.5, 0.6) is 0 Å². The SMILES string of the molecule is OC(C=S)c1cc(Cl)cc(Cl)c1F. The van der Waals surface area contributed by atoms with Gasteiger partial charge in [0.15, 0.2) is 0 Å². The average Bonchev–Trinajstić information content (AvgIpc) is 2.10. The van der Waals surface area contributed by atoms with Crippen molar-refractivity contribution >= 4 is 40.8 Å². The summed E-state index contributed by atoms with van der Waals surface area (Å²) in [6.07, 6.45) is -1.16. The van der Waals surface area contributed by atoms with Gasteiger partial charge >= 0.3 is 0 Å². The number of hydrogen-bond donors (Lipinski definition) is 1. The van der Waals surface area contributed by atoms with Gasteiger partial charge in [0.2, 0.25) is 0 Å². The van der Waals surface area contributed by atoms with Crippen molar-refractivity contribution in [2.45, 2.75) is 6.10 Å². The molecule has 5 heteroatoms. The molecular weight excluding hydrogens is 234 g/mol. The predicted molar refractivity (Wildman–Crippen MR) is 55.0 cm³/mol. The van der Waals surface area contributed by atoms with Crippen LogP contribution in [0.1, 0.15) is 11.7 Å². The Morgan fingerprint density at radius 2 is 2.08 bits per heavy atom. The number of benzene rings is 1. The standard InChI is InChI=1S/C8H5Cl2FOS/c9-4-1-5(7(12)3-13)8(11)6(10)2-4/h1-3,7,12H. The molecule has 0 bridgehead atoms. The highest BCUT2D eigenvalue weighted by molar-refractivity contribution is 7.79. The van der Waals surface area contributed by atoms with Gasteiger partial charge in [0.1, 0.15) is 11.9 Å². The largest absolute Gasteiger partial charge is 0.383 e. The second-order valence-corrected chi connectivity index (χ2v) is 3.49. The minimum atomic E-state index is -1.16. The predicted octanol–water partition coefficient (Wildman–Crippen LogP) is 3.17. The van der Waals surface area contributed by atoms with Gasteiger partial charge in [0.05, 0.1) is 5.02 Å². The summed E-state index contributed by atoms with van der Waals surface area (Å²) in [7, 11) is 0. The van der Waals surface area contributed by atoms with Crippen LogP contribution in [0.3, 0.4) is 0 Å². The van der Waals surface area contributed by atoms with E-state index in [1.54, 1.807) is 0 Å². The zero-order valence-electron chi connectivity index (χ0n) is 6.30. The van der Waals surface area contributed by atoms with Gasteiger partial charge in [0.25, 0.3) is 0 Å². The van der Waals surface area contributed by atoms with Crippen molar-refractivity contribution in [3.63, 3.8) is 0 Å². The van der Waals surface area contributed by atoms with Crippen LogP contribution < -0.4 is 0 Å². The third-order valence-electron chi connectivity index (χ3n) is 1.47. The first-order valence-corrected chi connectivity index (χ1v) is 4.56. The normalized spacial score (nSPS) is 12.6. The number of halogens is 3. The van der Waals surface area contributed by atoms with E-state index in [1.165, 1.54) is 12.1 Å². The van der Waals surface area contributed by atoms with Crippen molar-refractivity contribution in [2.75, 3.05) is 0 Å². The van der Waals surface area contributed by atoms with Crippen LogP contribution >= 0.6 is 35.4 Å². The van der Waals surface area contributed by atoms with Crippen LogP contribution in [0.4, 0.5) is 4.39 Å². The van der Waals surface area contributed by atoms with E-state index in [9.17, 15) is 9.50 Å². The van der Waals surface area contributed by atoms with Crippen molar-refractivity contribution in [1.82, 2.24) is 0 Å². The van der Waals surface area contributed by atoms with E-state index in [0.29, 0.717) is 0 Å². The minimum absolute atomic E-state index is 0.00694. The molecule has 0 amide bonds. The number of thiocarbonyl (C=S) groups is 1. The van der Waals surface area contributed by atoms with Crippen LogP contribution in [-0.4, -0.2) is 10.5 Å². The number of hydrogen-bond acceptors (Lipinski definition) is 2. The van der Waals surface area contributed by atoms with Crippen LogP contribution in [0, 0.1) is 5.82 Å². The Labute approximate surface area is 90.1 Å². The van der Waals surface area contributed by atoms with Gasteiger partial charge in [-0.15, -0.1) is 0 Å². The van der Waals surface area contributed by atoms with Crippen LogP contribution in [-0.2, 0) is 0 Å². The number of aliphatic hydroxyl groups is 1. The number of aliphatic hydroxyl groups excluding tert-OH is 1. The molecule has 0 saturated carbocycles. The molecule has 0 radical (unpaired) electrons. The van der Waals surface area contributed by atoms with E-state index in [0.717, 1.165) is 5.37 Å². The Kier molecular flexibility index (Phi) is 3.62. The maximum atomic E-state index is 13.2. The summed E-state index contributed by atoms with van der Waals surface area (Å²) >= 11 is 15.6. The topological polar surface area (TPSA) is 20.2 Å². The Morgan fingerprint density at radius 3 is 2.62 bits per heavy atom. The molecule has 1 unspecified atom stereocenters. The van der Waals surface area contributed by atoms with E-state index in [-0.39, 0.29) is 15.6 Å². The molecule has 0 spiro atoms. The molecule has 0 aliphatic rings. The van der Waals surface area contributed by atoms with E-state index in [1.807, 2.05) is 0 Å². The van der Waals surface area contributed by atoms with Crippen molar-refractivity contribution in [3.8, 4) is 0 Å². The van der Waals surface area contributed by atoms with Gasteiger partial charge in [-0.05, 0) is 12.1 Å². The molecule has 0 aliphatic heterocycles. The molecule has 1 nitrogen and oxygen atoms in total. The molecule has 1 aromatic carbocycles. The van der Waals surface area contributed by atoms with Gasteiger partial charge in [-0.3, -0.25) is 0 Å². The van der Waals surface area contributed by atoms with Crippen LogP contribution in [0.2, 0.25) is 10.0 Å². The summed E-state index contributed by atoms with van der Waals surface area (Å²) in [6, 6.07) is 2.55. The Morgan fingerprint density at radius 1 is 1.46 bits per heavy atom. The summed E-state index contributed by atoms with van der Waals surface area (Å²) in [5.41, 5.74) is -0.00694. The Bertz CT molecular complexity index is 343. The molecular formula is C8H5Cl2FOS. The molecule has 0 saturated heterocycles. The lowest BCUT2D eigenvalue weighted by molar-refractivity contribution is 0.249. The minimum Gasteiger partial charge on any atom is -0.383 e. The molecule has 13 heavy (non-hydrogen) atoms. The molecule has 1 rings (SSSR count). The van der Waals surface area contributed by atoms with E-state index in [4.69, 9.17) is 23.2 Å². The third-order valence-corrected chi connectivity index (χ3v) is 2.22. The van der Waals surface area contributed by atoms with Gasteiger partial charge in [-0.25, -0.2) is 4.39 Å². The van der Waals surface area contributed by atoms with Gasteiger partial charge < -0.3 is 5.11 Å². The lowest BCUT2D eigenvalue weighted by Crippen LogP contribution is -2.01. The highest BCUT2D eigenvalue weighted by Crippen LogP contribution is 2.27. The zero-order valence-corrected chi connectivity index (χ0v) is 8.63. The highest BCUT2D eigenvalue weighted by atomic mass is 35.5. The molecule has 1 aromatic rings. The first-order chi connectivity index (χ1) is 6.06. The quantitative estimate of drug-likeness (QED) is 0.631. The van der Waals surface area contributed by atoms with E-state index < -0.39 is 11.9 Å². The Hall–Kier alpha value is -0.220.